The number of carbonyl (C=O) groups excluding carboxylic acids is 1. The van der Waals surface area contributed by atoms with Crippen molar-refractivity contribution in [2.75, 3.05) is 13.2 Å². The molecule has 17 heavy (non-hydrogen) atoms. The van der Waals surface area contributed by atoms with Gasteiger partial charge in [0.15, 0.2) is 0 Å². The van der Waals surface area contributed by atoms with Gasteiger partial charge in [-0.15, -0.1) is 0 Å². The van der Waals surface area contributed by atoms with Gasteiger partial charge in [0.1, 0.15) is 5.75 Å². The Bertz CT molecular complexity index is 349. The van der Waals surface area contributed by atoms with Gasteiger partial charge in [0.2, 0.25) is 5.91 Å². The summed E-state index contributed by atoms with van der Waals surface area (Å²) in [6, 6.07) is 7.82. The van der Waals surface area contributed by atoms with E-state index < -0.39 is 0 Å². The summed E-state index contributed by atoms with van der Waals surface area (Å²) in [7, 11) is 0. The van der Waals surface area contributed by atoms with Crippen LogP contribution in [-0.2, 0) is 11.3 Å². The number of primary amides is 1. The van der Waals surface area contributed by atoms with Crippen LogP contribution in [0.1, 0.15) is 19.4 Å². The molecule has 1 aromatic carbocycles. The van der Waals surface area contributed by atoms with Crippen molar-refractivity contribution < 1.29 is 9.53 Å². The molecule has 1 amide bonds. The molecule has 94 valence electrons. The molecule has 0 aromatic heterocycles. The summed E-state index contributed by atoms with van der Waals surface area (Å²) in [4.78, 5) is 10.8. The molecule has 0 aliphatic carbocycles. The molecule has 0 radical (unpaired) electrons. The standard InChI is InChI=1S/C13H20N2O2/c1-3-15-8-11-4-6-12(7-5-11)17-9-10(2)13(14)16/h4-7,10,15H,3,8-9H2,1-2H3,(H2,14,16). The third kappa shape index (κ3) is 4.87. The van der Waals surface area contributed by atoms with Crippen molar-refractivity contribution in [3.63, 3.8) is 0 Å². The smallest absolute Gasteiger partial charge is 0.223 e. The molecular formula is C13H20N2O2. The predicted octanol–water partition coefficient (Wildman–Crippen LogP) is 1.30. The molecule has 0 fully saturated rings. The fraction of sp³-hybridized carbons (Fsp3) is 0.462. The van der Waals surface area contributed by atoms with E-state index >= 15 is 0 Å². The third-order valence-corrected chi connectivity index (χ3v) is 2.49. The van der Waals surface area contributed by atoms with Crippen molar-refractivity contribution >= 4 is 5.91 Å². The van der Waals surface area contributed by atoms with Crippen molar-refractivity contribution in [2.45, 2.75) is 20.4 Å². The lowest BCUT2D eigenvalue weighted by molar-refractivity contribution is -0.122. The molecule has 3 N–H and O–H groups in total. The SMILES string of the molecule is CCNCc1ccc(OCC(C)C(N)=O)cc1. The fourth-order valence-corrected chi connectivity index (χ4v) is 1.28. The Morgan fingerprint density at radius 2 is 2.06 bits per heavy atom. The van der Waals surface area contributed by atoms with E-state index in [0.29, 0.717) is 6.61 Å². The minimum atomic E-state index is -0.339. The van der Waals surface area contributed by atoms with Crippen LogP contribution in [0.15, 0.2) is 24.3 Å². The molecule has 1 unspecified atom stereocenters. The number of carbonyl (C=O) groups is 1. The van der Waals surface area contributed by atoms with Gasteiger partial charge in [-0.05, 0) is 24.2 Å². The molecular weight excluding hydrogens is 216 g/mol. The van der Waals surface area contributed by atoms with Gasteiger partial charge in [-0.1, -0.05) is 26.0 Å². The highest BCUT2D eigenvalue weighted by Crippen LogP contribution is 2.13. The third-order valence-electron chi connectivity index (χ3n) is 2.49. The van der Waals surface area contributed by atoms with E-state index in [-0.39, 0.29) is 11.8 Å². The Kier molecular flexibility index (Phi) is 5.49. The van der Waals surface area contributed by atoms with Crippen LogP contribution in [0.5, 0.6) is 5.75 Å². The molecule has 0 saturated carbocycles. The molecule has 1 atom stereocenters. The van der Waals surface area contributed by atoms with Crippen LogP contribution in [0, 0.1) is 5.92 Å². The second-order valence-corrected chi connectivity index (χ2v) is 4.04. The molecule has 0 spiro atoms. The summed E-state index contributed by atoms with van der Waals surface area (Å²) < 4.78 is 5.47. The van der Waals surface area contributed by atoms with Gasteiger partial charge in [0.05, 0.1) is 12.5 Å². The van der Waals surface area contributed by atoms with Crippen molar-refractivity contribution in [3.8, 4) is 5.75 Å². The maximum atomic E-state index is 10.8. The number of amides is 1. The van der Waals surface area contributed by atoms with E-state index in [1.807, 2.05) is 24.3 Å². The molecule has 0 bridgehead atoms. The lowest BCUT2D eigenvalue weighted by Crippen LogP contribution is -2.25. The Morgan fingerprint density at radius 1 is 1.41 bits per heavy atom. The first-order chi connectivity index (χ1) is 8.13. The minimum Gasteiger partial charge on any atom is -0.493 e. The summed E-state index contributed by atoms with van der Waals surface area (Å²) in [5.74, 6) is 0.156. The van der Waals surface area contributed by atoms with Gasteiger partial charge in [-0.25, -0.2) is 0 Å². The van der Waals surface area contributed by atoms with Crippen LogP contribution >= 0.6 is 0 Å². The van der Waals surface area contributed by atoms with Crippen LogP contribution in [0.3, 0.4) is 0 Å². The maximum Gasteiger partial charge on any atom is 0.223 e. The average Bonchev–Trinajstić information content (AvgIpc) is 2.34. The molecule has 4 heteroatoms. The molecule has 0 aliphatic heterocycles. The second kappa shape index (κ2) is 6.91. The van der Waals surface area contributed by atoms with Crippen LogP contribution in [0.25, 0.3) is 0 Å². The Labute approximate surface area is 102 Å². The first kappa shape index (κ1) is 13.5. The van der Waals surface area contributed by atoms with Crippen molar-refractivity contribution in [1.82, 2.24) is 5.32 Å². The first-order valence-electron chi connectivity index (χ1n) is 5.85. The summed E-state index contributed by atoms with van der Waals surface area (Å²) in [6.45, 7) is 5.95. The van der Waals surface area contributed by atoms with Gasteiger partial charge in [-0.2, -0.15) is 0 Å². The van der Waals surface area contributed by atoms with E-state index in [0.717, 1.165) is 18.8 Å². The first-order valence-corrected chi connectivity index (χ1v) is 5.85. The zero-order chi connectivity index (χ0) is 12.7. The van der Waals surface area contributed by atoms with E-state index in [4.69, 9.17) is 10.5 Å². The van der Waals surface area contributed by atoms with Gasteiger partial charge < -0.3 is 15.8 Å². The van der Waals surface area contributed by atoms with Crippen molar-refractivity contribution in [1.29, 1.82) is 0 Å². The summed E-state index contributed by atoms with van der Waals surface area (Å²) in [5, 5.41) is 3.25. The zero-order valence-corrected chi connectivity index (χ0v) is 10.4. The molecule has 0 heterocycles. The Balaban J connectivity index is 2.42. The van der Waals surface area contributed by atoms with Crippen LogP contribution < -0.4 is 15.8 Å². The summed E-state index contributed by atoms with van der Waals surface area (Å²) in [6.07, 6.45) is 0. The number of ether oxygens (including phenoxy) is 1. The fourth-order valence-electron chi connectivity index (χ4n) is 1.28. The van der Waals surface area contributed by atoms with E-state index in [9.17, 15) is 4.79 Å². The highest BCUT2D eigenvalue weighted by atomic mass is 16.5. The number of rotatable bonds is 7. The van der Waals surface area contributed by atoms with Gasteiger partial charge in [-0.3, -0.25) is 4.79 Å². The lowest BCUT2D eigenvalue weighted by Gasteiger charge is -2.10. The maximum absolute atomic E-state index is 10.8. The molecule has 0 aliphatic rings. The normalized spacial score (nSPS) is 12.1. The lowest BCUT2D eigenvalue weighted by atomic mass is 10.2. The van der Waals surface area contributed by atoms with Crippen molar-refractivity contribution in [3.05, 3.63) is 29.8 Å². The monoisotopic (exact) mass is 236 g/mol. The molecule has 1 rings (SSSR count). The summed E-state index contributed by atoms with van der Waals surface area (Å²) in [5.41, 5.74) is 6.36. The van der Waals surface area contributed by atoms with E-state index in [1.165, 1.54) is 5.56 Å². The highest BCUT2D eigenvalue weighted by molar-refractivity contribution is 5.76. The van der Waals surface area contributed by atoms with E-state index in [2.05, 4.69) is 12.2 Å². The number of nitrogens with two attached hydrogens (primary N) is 1. The van der Waals surface area contributed by atoms with Gasteiger partial charge in [0, 0.05) is 6.54 Å². The van der Waals surface area contributed by atoms with Gasteiger partial charge >= 0.3 is 0 Å². The number of nitrogens with one attached hydrogen (secondary N) is 1. The van der Waals surface area contributed by atoms with Crippen molar-refractivity contribution in [2.24, 2.45) is 11.7 Å². The average molecular weight is 236 g/mol. The predicted molar refractivity (Wildman–Crippen MR) is 67.7 cm³/mol. The van der Waals surface area contributed by atoms with Crippen LogP contribution in [0.4, 0.5) is 0 Å². The molecule has 4 nitrogen and oxygen atoms in total. The quantitative estimate of drug-likeness (QED) is 0.750. The summed E-state index contributed by atoms with van der Waals surface area (Å²) >= 11 is 0. The van der Waals surface area contributed by atoms with Crippen LogP contribution in [0.2, 0.25) is 0 Å². The molecule has 0 saturated heterocycles. The van der Waals surface area contributed by atoms with Gasteiger partial charge in [0.25, 0.3) is 0 Å². The zero-order valence-electron chi connectivity index (χ0n) is 10.4. The Morgan fingerprint density at radius 3 is 2.59 bits per heavy atom. The number of hydrogen-bond acceptors (Lipinski definition) is 3. The highest BCUT2D eigenvalue weighted by Gasteiger charge is 2.08. The molecule has 1 aromatic rings. The second-order valence-electron chi connectivity index (χ2n) is 4.04. The van der Waals surface area contributed by atoms with Crippen LogP contribution in [-0.4, -0.2) is 19.1 Å². The number of benzene rings is 1. The topological polar surface area (TPSA) is 64.3 Å². The minimum absolute atomic E-state index is 0.267. The van der Waals surface area contributed by atoms with E-state index in [1.54, 1.807) is 6.92 Å². The number of hydrogen-bond donors (Lipinski definition) is 2. The largest absolute Gasteiger partial charge is 0.493 e. The Hall–Kier alpha value is -1.55.